The second-order valence-corrected chi connectivity index (χ2v) is 4.51. The Morgan fingerprint density at radius 1 is 1.20 bits per heavy atom. The molecular weight excluding hydrogens is 206 g/mol. The van der Waals surface area contributed by atoms with Gasteiger partial charge in [-0.1, -0.05) is 29.5 Å². The number of nitrogens with two attached hydrogens (primary N) is 1. The van der Waals surface area contributed by atoms with Crippen LogP contribution in [0, 0.1) is 13.8 Å². The summed E-state index contributed by atoms with van der Waals surface area (Å²) in [7, 11) is 0. The van der Waals surface area contributed by atoms with Gasteiger partial charge < -0.3 is 5.84 Å². The van der Waals surface area contributed by atoms with Gasteiger partial charge in [0.2, 0.25) is 4.80 Å². The second kappa shape index (κ2) is 3.90. The number of thiazole rings is 1. The Hall–Kier alpha value is -1.55. The van der Waals surface area contributed by atoms with Crippen LogP contribution in [0.4, 0.5) is 0 Å². The van der Waals surface area contributed by atoms with E-state index in [0.29, 0.717) is 0 Å². The zero-order valence-corrected chi connectivity index (χ0v) is 9.58. The first-order valence-electron chi connectivity index (χ1n) is 4.72. The Bertz CT molecular complexity index is 523. The number of rotatable bonds is 1. The predicted octanol–water partition coefficient (Wildman–Crippen LogP) is 1.93. The Kier molecular flexibility index (Phi) is 2.60. The molecular formula is C11H13N3S. The summed E-state index contributed by atoms with van der Waals surface area (Å²) in [6, 6.07) is 10.1. The maximum absolute atomic E-state index is 5.38. The first-order chi connectivity index (χ1) is 7.24. The highest BCUT2D eigenvalue weighted by Gasteiger charge is 2.06. The summed E-state index contributed by atoms with van der Waals surface area (Å²) in [6.45, 7) is 4.15. The fraction of sp³-hybridized carbons (Fsp3) is 0.182. The van der Waals surface area contributed by atoms with Crippen LogP contribution in [0.15, 0.2) is 35.4 Å². The summed E-state index contributed by atoms with van der Waals surface area (Å²) in [5.74, 6) is 5.38. The molecule has 1 aromatic carbocycles. The van der Waals surface area contributed by atoms with E-state index in [-0.39, 0.29) is 0 Å². The predicted molar refractivity (Wildman–Crippen MR) is 62.9 cm³/mol. The van der Waals surface area contributed by atoms with Gasteiger partial charge >= 0.3 is 0 Å². The summed E-state index contributed by atoms with van der Waals surface area (Å²) in [6.07, 6.45) is 0. The molecule has 0 radical (unpaired) electrons. The maximum Gasteiger partial charge on any atom is 0.212 e. The fourth-order valence-electron chi connectivity index (χ4n) is 1.52. The van der Waals surface area contributed by atoms with Gasteiger partial charge in [-0.2, -0.15) is 5.10 Å². The van der Waals surface area contributed by atoms with Crippen molar-refractivity contribution in [2.75, 3.05) is 0 Å². The van der Waals surface area contributed by atoms with E-state index in [0.717, 1.165) is 10.5 Å². The smallest absolute Gasteiger partial charge is 0.212 e. The zero-order chi connectivity index (χ0) is 10.8. The van der Waals surface area contributed by atoms with Gasteiger partial charge in [0.25, 0.3) is 0 Å². The summed E-state index contributed by atoms with van der Waals surface area (Å²) < 4.78 is 2.07. The topological polar surface area (TPSA) is 43.3 Å². The molecule has 2 aromatic rings. The Morgan fingerprint density at radius 2 is 1.87 bits per heavy atom. The van der Waals surface area contributed by atoms with E-state index in [1.165, 1.54) is 10.6 Å². The van der Waals surface area contributed by atoms with Crippen molar-refractivity contribution < 1.29 is 0 Å². The maximum atomic E-state index is 5.38. The Labute approximate surface area is 92.5 Å². The third-order valence-electron chi connectivity index (χ3n) is 2.41. The van der Waals surface area contributed by atoms with Crippen LogP contribution in [0.3, 0.4) is 0 Å². The van der Waals surface area contributed by atoms with Gasteiger partial charge in [0.1, 0.15) is 0 Å². The van der Waals surface area contributed by atoms with Crippen molar-refractivity contribution in [1.29, 1.82) is 0 Å². The van der Waals surface area contributed by atoms with Crippen LogP contribution in [0.1, 0.15) is 10.6 Å². The molecule has 0 saturated heterocycles. The number of benzene rings is 1. The van der Waals surface area contributed by atoms with Gasteiger partial charge in [-0.15, -0.1) is 0 Å². The molecule has 2 rings (SSSR count). The average molecular weight is 219 g/mol. The van der Waals surface area contributed by atoms with Gasteiger partial charge in [0.15, 0.2) is 0 Å². The highest BCUT2D eigenvalue weighted by atomic mass is 32.1. The molecule has 3 nitrogen and oxygen atoms in total. The lowest BCUT2D eigenvalue weighted by Gasteiger charge is -2.05. The average Bonchev–Trinajstić information content (AvgIpc) is 2.56. The Balaban J connectivity index is 2.73. The molecule has 2 N–H and O–H groups in total. The van der Waals surface area contributed by atoms with Gasteiger partial charge in [0, 0.05) is 16.3 Å². The molecule has 15 heavy (non-hydrogen) atoms. The number of hydrogen-bond acceptors (Lipinski definition) is 3. The number of aromatic nitrogens is 1. The van der Waals surface area contributed by atoms with Crippen LogP contribution < -0.4 is 10.6 Å². The molecule has 0 aliphatic rings. The number of aryl methyl sites for hydroxylation is 1. The van der Waals surface area contributed by atoms with E-state index >= 15 is 0 Å². The van der Waals surface area contributed by atoms with E-state index in [2.05, 4.69) is 23.5 Å². The minimum Gasteiger partial charge on any atom is -0.320 e. The van der Waals surface area contributed by atoms with Crippen molar-refractivity contribution in [3.8, 4) is 5.69 Å². The van der Waals surface area contributed by atoms with E-state index in [9.17, 15) is 0 Å². The van der Waals surface area contributed by atoms with Crippen molar-refractivity contribution in [3.05, 3.63) is 45.7 Å². The SMILES string of the molecule is Cc1s/c(=N\N)n(-c2ccccc2)c1C. The highest BCUT2D eigenvalue weighted by Crippen LogP contribution is 2.14. The Morgan fingerprint density at radius 3 is 2.47 bits per heavy atom. The van der Waals surface area contributed by atoms with Crippen molar-refractivity contribution in [2.45, 2.75) is 13.8 Å². The lowest BCUT2D eigenvalue weighted by Crippen LogP contribution is -2.15. The van der Waals surface area contributed by atoms with Crippen molar-refractivity contribution in [1.82, 2.24) is 4.57 Å². The summed E-state index contributed by atoms with van der Waals surface area (Å²) in [5, 5.41) is 3.81. The quantitative estimate of drug-likeness (QED) is 0.578. The van der Waals surface area contributed by atoms with Crippen LogP contribution in [0.25, 0.3) is 5.69 Å². The van der Waals surface area contributed by atoms with Gasteiger partial charge in [0.05, 0.1) is 0 Å². The largest absolute Gasteiger partial charge is 0.320 e. The molecule has 0 unspecified atom stereocenters. The molecule has 0 saturated carbocycles. The summed E-state index contributed by atoms with van der Waals surface area (Å²) >= 11 is 1.61. The fourth-order valence-corrected chi connectivity index (χ4v) is 2.42. The van der Waals surface area contributed by atoms with Crippen molar-refractivity contribution in [3.63, 3.8) is 0 Å². The lowest BCUT2D eigenvalue weighted by atomic mass is 10.3. The first kappa shape index (κ1) is 9.98. The van der Waals surface area contributed by atoms with E-state index in [1.807, 2.05) is 30.3 Å². The van der Waals surface area contributed by atoms with Gasteiger partial charge in [-0.3, -0.25) is 4.57 Å². The molecule has 4 heteroatoms. The molecule has 1 aromatic heterocycles. The lowest BCUT2D eigenvalue weighted by molar-refractivity contribution is 0.920. The van der Waals surface area contributed by atoms with Crippen LogP contribution in [0.2, 0.25) is 0 Å². The van der Waals surface area contributed by atoms with E-state index < -0.39 is 0 Å². The highest BCUT2D eigenvalue weighted by molar-refractivity contribution is 7.09. The van der Waals surface area contributed by atoms with E-state index in [1.54, 1.807) is 11.3 Å². The summed E-state index contributed by atoms with van der Waals surface area (Å²) in [5.41, 5.74) is 2.29. The van der Waals surface area contributed by atoms with Gasteiger partial charge in [-0.25, -0.2) is 0 Å². The molecule has 0 fully saturated rings. The molecule has 78 valence electrons. The molecule has 0 aliphatic heterocycles. The molecule has 0 atom stereocenters. The van der Waals surface area contributed by atoms with Crippen LogP contribution >= 0.6 is 11.3 Å². The third-order valence-corrected chi connectivity index (χ3v) is 3.48. The summed E-state index contributed by atoms with van der Waals surface area (Å²) in [4.78, 5) is 2.07. The van der Waals surface area contributed by atoms with Crippen molar-refractivity contribution in [2.24, 2.45) is 10.9 Å². The normalized spacial score (nSPS) is 12.0. The third kappa shape index (κ3) is 1.68. The zero-order valence-electron chi connectivity index (χ0n) is 8.77. The van der Waals surface area contributed by atoms with E-state index in [4.69, 9.17) is 5.84 Å². The minimum atomic E-state index is 0.830. The number of hydrogen-bond donors (Lipinski definition) is 1. The number of para-hydroxylation sites is 1. The van der Waals surface area contributed by atoms with Crippen LogP contribution in [-0.4, -0.2) is 4.57 Å². The van der Waals surface area contributed by atoms with Crippen LogP contribution in [0.5, 0.6) is 0 Å². The second-order valence-electron chi connectivity index (χ2n) is 3.33. The minimum absolute atomic E-state index is 0.830. The standard InChI is InChI=1S/C11H13N3S/c1-8-9(2)15-11(13-12)14(8)10-6-4-3-5-7-10/h3-7H,12H2,1-2H3/b13-11-. The van der Waals surface area contributed by atoms with Crippen LogP contribution in [-0.2, 0) is 0 Å². The monoisotopic (exact) mass is 219 g/mol. The first-order valence-corrected chi connectivity index (χ1v) is 5.54. The molecule has 0 bridgehead atoms. The molecule has 0 amide bonds. The molecule has 0 spiro atoms. The van der Waals surface area contributed by atoms with Gasteiger partial charge in [-0.05, 0) is 26.0 Å². The molecule has 1 heterocycles. The molecule has 0 aliphatic carbocycles. The van der Waals surface area contributed by atoms with Crippen molar-refractivity contribution >= 4 is 11.3 Å². The number of nitrogens with zero attached hydrogens (tertiary/aromatic N) is 2.